The topological polar surface area (TPSA) is 66.0 Å². The summed E-state index contributed by atoms with van der Waals surface area (Å²) >= 11 is 0. The Morgan fingerprint density at radius 2 is 2.06 bits per heavy atom. The Morgan fingerprint density at radius 1 is 1.29 bits per heavy atom. The van der Waals surface area contributed by atoms with Crippen LogP contribution in [0.3, 0.4) is 0 Å². The van der Waals surface area contributed by atoms with Crippen LogP contribution in [0.2, 0.25) is 0 Å². The number of nitrogen functional groups attached to an aromatic ring is 1. The van der Waals surface area contributed by atoms with Crippen molar-refractivity contribution in [3.63, 3.8) is 0 Å². The van der Waals surface area contributed by atoms with Crippen LogP contribution in [0.15, 0.2) is 18.3 Å². The lowest BCUT2D eigenvalue weighted by Gasteiger charge is -2.10. The van der Waals surface area contributed by atoms with Crippen molar-refractivity contribution in [1.82, 2.24) is 15.0 Å². The number of nitrogens with zero attached hydrogens (tertiary/aromatic N) is 3. The Kier molecular flexibility index (Phi) is 2.99. The van der Waals surface area contributed by atoms with E-state index < -0.39 is 0 Å². The van der Waals surface area contributed by atoms with E-state index in [-0.39, 0.29) is 0 Å². The zero-order valence-electron chi connectivity index (χ0n) is 10.3. The molecule has 0 unspecified atom stereocenters. The molecular formula is C12H16N4O. The summed E-state index contributed by atoms with van der Waals surface area (Å²) in [6, 6.07) is 3.86. The Hall–Kier alpha value is -2.04. The second kappa shape index (κ2) is 4.45. The van der Waals surface area contributed by atoms with E-state index in [1.165, 1.54) is 0 Å². The van der Waals surface area contributed by atoms with Crippen LogP contribution >= 0.6 is 0 Å². The van der Waals surface area contributed by atoms with E-state index >= 15 is 0 Å². The van der Waals surface area contributed by atoms with Gasteiger partial charge >= 0.3 is 0 Å². The number of rotatable bonds is 3. The molecule has 2 aromatic rings. The second-order valence-electron chi connectivity index (χ2n) is 4.15. The van der Waals surface area contributed by atoms with E-state index in [0.717, 1.165) is 28.3 Å². The molecule has 5 nitrogen and oxygen atoms in total. The molecule has 0 atom stereocenters. The van der Waals surface area contributed by atoms with Gasteiger partial charge in [-0.3, -0.25) is 4.68 Å². The van der Waals surface area contributed by atoms with Gasteiger partial charge in [-0.15, -0.1) is 5.10 Å². The molecule has 0 saturated heterocycles. The molecule has 0 amide bonds. The fourth-order valence-electron chi connectivity index (χ4n) is 1.58. The highest BCUT2D eigenvalue weighted by Crippen LogP contribution is 2.24. The first kappa shape index (κ1) is 11.4. The van der Waals surface area contributed by atoms with Gasteiger partial charge in [0.15, 0.2) is 0 Å². The monoisotopic (exact) mass is 232 g/mol. The highest BCUT2D eigenvalue weighted by molar-refractivity contribution is 5.53. The SMILES string of the molecule is Cc1cc(OCc2cn(C)nn2)c(C)cc1N. The molecule has 0 fully saturated rings. The van der Waals surface area contributed by atoms with Gasteiger partial charge in [-0.25, -0.2) is 0 Å². The minimum absolute atomic E-state index is 0.415. The number of benzene rings is 1. The maximum absolute atomic E-state index is 5.82. The lowest BCUT2D eigenvalue weighted by molar-refractivity contribution is 0.299. The van der Waals surface area contributed by atoms with Crippen molar-refractivity contribution in [3.8, 4) is 5.75 Å². The minimum Gasteiger partial charge on any atom is -0.487 e. The number of nitrogens with two attached hydrogens (primary N) is 1. The number of hydrogen-bond donors (Lipinski definition) is 1. The smallest absolute Gasteiger partial charge is 0.134 e. The maximum atomic E-state index is 5.82. The van der Waals surface area contributed by atoms with Crippen LogP contribution < -0.4 is 10.5 Å². The van der Waals surface area contributed by atoms with E-state index in [2.05, 4.69) is 10.3 Å². The summed E-state index contributed by atoms with van der Waals surface area (Å²) in [5.74, 6) is 0.836. The molecule has 0 bridgehead atoms. The summed E-state index contributed by atoms with van der Waals surface area (Å²) in [6.07, 6.45) is 1.83. The van der Waals surface area contributed by atoms with Crippen LogP contribution in [0.25, 0.3) is 0 Å². The average Bonchev–Trinajstić information content (AvgIpc) is 2.68. The first-order valence-corrected chi connectivity index (χ1v) is 5.41. The predicted octanol–water partition coefficient (Wildman–Crippen LogP) is 1.59. The lowest BCUT2D eigenvalue weighted by atomic mass is 10.1. The molecule has 0 radical (unpaired) electrons. The second-order valence-corrected chi connectivity index (χ2v) is 4.15. The van der Waals surface area contributed by atoms with Crippen molar-refractivity contribution in [2.45, 2.75) is 20.5 Å². The molecule has 0 aliphatic rings. The zero-order valence-corrected chi connectivity index (χ0v) is 10.3. The fourth-order valence-corrected chi connectivity index (χ4v) is 1.58. The molecule has 17 heavy (non-hydrogen) atoms. The van der Waals surface area contributed by atoms with Crippen molar-refractivity contribution in [2.75, 3.05) is 5.73 Å². The Balaban J connectivity index is 2.11. The lowest BCUT2D eigenvalue weighted by Crippen LogP contribution is -1.99. The van der Waals surface area contributed by atoms with Gasteiger partial charge < -0.3 is 10.5 Å². The number of aromatic nitrogens is 3. The molecule has 0 aliphatic carbocycles. The molecule has 0 saturated carbocycles. The van der Waals surface area contributed by atoms with Crippen molar-refractivity contribution < 1.29 is 4.74 Å². The Labute approximate surface area is 100 Å². The fraction of sp³-hybridized carbons (Fsp3) is 0.333. The van der Waals surface area contributed by atoms with E-state index in [0.29, 0.717) is 6.61 Å². The maximum Gasteiger partial charge on any atom is 0.134 e. The highest BCUT2D eigenvalue weighted by atomic mass is 16.5. The van der Waals surface area contributed by atoms with Crippen LogP contribution in [0.5, 0.6) is 5.75 Å². The van der Waals surface area contributed by atoms with Gasteiger partial charge in [0.2, 0.25) is 0 Å². The molecule has 1 aromatic heterocycles. The normalized spacial score (nSPS) is 10.5. The van der Waals surface area contributed by atoms with E-state index in [1.807, 2.05) is 39.2 Å². The van der Waals surface area contributed by atoms with Crippen molar-refractivity contribution in [2.24, 2.45) is 7.05 Å². The van der Waals surface area contributed by atoms with Crippen molar-refractivity contribution in [3.05, 3.63) is 35.2 Å². The summed E-state index contributed by atoms with van der Waals surface area (Å²) in [5, 5.41) is 7.81. The van der Waals surface area contributed by atoms with Crippen LogP contribution in [-0.2, 0) is 13.7 Å². The summed E-state index contributed by atoms with van der Waals surface area (Å²) in [4.78, 5) is 0. The summed E-state index contributed by atoms with van der Waals surface area (Å²) < 4.78 is 7.35. The van der Waals surface area contributed by atoms with Crippen LogP contribution in [0.1, 0.15) is 16.8 Å². The summed E-state index contributed by atoms with van der Waals surface area (Å²) in [5.41, 5.74) is 9.46. The highest BCUT2D eigenvalue weighted by Gasteiger charge is 2.05. The molecule has 90 valence electrons. The van der Waals surface area contributed by atoms with Crippen molar-refractivity contribution >= 4 is 5.69 Å². The number of ether oxygens (including phenoxy) is 1. The van der Waals surface area contributed by atoms with Gasteiger partial charge in [0.1, 0.15) is 18.1 Å². The molecule has 5 heteroatoms. The molecule has 0 aliphatic heterocycles. The molecular weight excluding hydrogens is 216 g/mol. The Bertz CT molecular complexity index is 533. The molecule has 2 rings (SSSR count). The van der Waals surface area contributed by atoms with Gasteiger partial charge in [0, 0.05) is 12.7 Å². The quantitative estimate of drug-likeness (QED) is 0.816. The molecule has 1 aromatic carbocycles. The van der Waals surface area contributed by atoms with Gasteiger partial charge in [-0.05, 0) is 37.1 Å². The van der Waals surface area contributed by atoms with Crippen LogP contribution in [-0.4, -0.2) is 15.0 Å². The molecule has 0 spiro atoms. The number of aryl methyl sites for hydroxylation is 3. The number of anilines is 1. The van der Waals surface area contributed by atoms with E-state index in [9.17, 15) is 0 Å². The Morgan fingerprint density at radius 3 is 2.71 bits per heavy atom. The largest absolute Gasteiger partial charge is 0.487 e. The standard InChI is InChI=1S/C12H16N4O/c1-8-5-12(9(2)4-11(8)13)17-7-10-6-16(3)15-14-10/h4-6H,7,13H2,1-3H3. The van der Waals surface area contributed by atoms with Crippen LogP contribution in [0.4, 0.5) is 5.69 Å². The number of hydrogen-bond acceptors (Lipinski definition) is 4. The van der Waals surface area contributed by atoms with E-state index in [1.54, 1.807) is 4.68 Å². The van der Waals surface area contributed by atoms with Crippen molar-refractivity contribution in [1.29, 1.82) is 0 Å². The molecule has 2 N–H and O–H groups in total. The van der Waals surface area contributed by atoms with Gasteiger partial charge in [0.25, 0.3) is 0 Å². The third-order valence-electron chi connectivity index (χ3n) is 2.59. The first-order chi connectivity index (χ1) is 8.06. The molecule has 1 heterocycles. The average molecular weight is 232 g/mol. The minimum atomic E-state index is 0.415. The first-order valence-electron chi connectivity index (χ1n) is 5.41. The van der Waals surface area contributed by atoms with Gasteiger partial charge in [0.05, 0.1) is 6.20 Å². The summed E-state index contributed by atoms with van der Waals surface area (Å²) in [6.45, 7) is 4.35. The van der Waals surface area contributed by atoms with Gasteiger partial charge in [-0.2, -0.15) is 0 Å². The third kappa shape index (κ3) is 2.55. The van der Waals surface area contributed by atoms with Crippen LogP contribution in [0, 0.1) is 13.8 Å². The van der Waals surface area contributed by atoms with Gasteiger partial charge in [-0.1, -0.05) is 5.21 Å². The van der Waals surface area contributed by atoms with E-state index in [4.69, 9.17) is 10.5 Å². The third-order valence-corrected chi connectivity index (χ3v) is 2.59. The summed E-state index contributed by atoms with van der Waals surface area (Å²) in [7, 11) is 1.83. The predicted molar refractivity (Wildman–Crippen MR) is 65.7 cm³/mol. The zero-order chi connectivity index (χ0) is 12.4.